The third-order valence-corrected chi connectivity index (χ3v) is 4.96. The predicted molar refractivity (Wildman–Crippen MR) is 114 cm³/mol. The van der Waals surface area contributed by atoms with E-state index in [1.807, 2.05) is 30.3 Å². The zero-order valence-corrected chi connectivity index (χ0v) is 15.9. The summed E-state index contributed by atoms with van der Waals surface area (Å²) in [5.74, 6) is -0.349. The predicted octanol–water partition coefficient (Wildman–Crippen LogP) is 4.97. The van der Waals surface area contributed by atoms with E-state index in [9.17, 15) is 20.0 Å². The van der Waals surface area contributed by atoms with Gasteiger partial charge in [0.1, 0.15) is 5.75 Å². The van der Waals surface area contributed by atoms with Gasteiger partial charge < -0.3 is 10.4 Å². The van der Waals surface area contributed by atoms with Crippen molar-refractivity contribution in [2.45, 2.75) is 6.04 Å². The molecule has 6 nitrogen and oxygen atoms in total. The first-order chi connectivity index (χ1) is 14.5. The normalized spacial score (nSPS) is 11.7. The van der Waals surface area contributed by atoms with Gasteiger partial charge in [-0.3, -0.25) is 14.9 Å². The lowest BCUT2D eigenvalue weighted by atomic mass is 9.92. The lowest BCUT2D eigenvalue weighted by Crippen LogP contribution is -2.29. The number of nitrogens with one attached hydrogen (secondary N) is 1. The van der Waals surface area contributed by atoms with Crippen molar-refractivity contribution < 1.29 is 14.8 Å². The molecule has 0 heterocycles. The molecule has 4 aromatic carbocycles. The summed E-state index contributed by atoms with van der Waals surface area (Å²) in [6.07, 6.45) is 0. The summed E-state index contributed by atoms with van der Waals surface area (Å²) in [5, 5.41) is 26.6. The molecule has 1 atom stereocenters. The number of carbonyl (C=O) groups excluding carboxylic acids is 1. The highest BCUT2D eigenvalue weighted by Gasteiger charge is 2.24. The van der Waals surface area contributed by atoms with Crippen molar-refractivity contribution in [3.63, 3.8) is 0 Å². The lowest BCUT2D eigenvalue weighted by molar-refractivity contribution is -0.384. The number of phenolic OH excluding ortho intramolecular Hbond substituents is 1. The number of hydrogen-bond acceptors (Lipinski definition) is 4. The highest BCUT2D eigenvalue weighted by molar-refractivity contribution is 5.96. The Labute approximate surface area is 172 Å². The lowest BCUT2D eigenvalue weighted by Gasteiger charge is -2.22. The molecule has 0 unspecified atom stereocenters. The van der Waals surface area contributed by atoms with Gasteiger partial charge in [0.15, 0.2) is 0 Å². The van der Waals surface area contributed by atoms with Gasteiger partial charge in [-0.1, -0.05) is 60.7 Å². The summed E-state index contributed by atoms with van der Waals surface area (Å²) in [6, 6.07) is 24.8. The maximum absolute atomic E-state index is 12.9. The van der Waals surface area contributed by atoms with Crippen LogP contribution < -0.4 is 5.32 Å². The Morgan fingerprint density at radius 3 is 2.40 bits per heavy atom. The second-order valence-electron chi connectivity index (χ2n) is 6.84. The molecule has 6 heteroatoms. The molecule has 4 aromatic rings. The number of phenols is 1. The van der Waals surface area contributed by atoms with Crippen LogP contribution in [-0.4, -0.2) is 15.9 Å². The van der Waals surface area contributed by atoms with E-state index < -0.39 is 11.0 Å². The van der Waals surface area contributed by atoms with Crippen molar-refractivity contribution in [1.82, 2.24) is 5.32 Å². The molecule has 148 valence electrons. The molecule has 30 heavy (non-hydrogen) atoms. The average molecular weight is 398 g/mol. The molecular weight excluding hydrogens is 380 g/mol. The molecule has 0 aliphatic rings. The molecule has 0 spiro atoms. The third kappa shape index (κ3) is 3.71. The standard InChI is InChI=1S/C24H18N2O4/c27-21-14-13-16-7-4-5-12-20(16)22(21)23(18-10-6-11-19(15-18)26(29)30)25-24(28)17-8-2-1-3-9-17/h1-15,23,27H,(H,25,28)/t23-/m1/s1. The van der Waals surface area contributed by atoms with E-state index in [2.05, 4.69) is 5.32 Å². The summed E-state index contributed by atoms with van der Waals surface area (Å²) >= 11 is 0. The van der Waals surface area contributed by atoms with Gasteiger partial charge in [-0.05, 0) is 34.5 Å². The summed E-state index contributed by atoms with van der Waals surface area (Å²) in [4.78, 5) is 23.8. The maximum atomic E-state index is 12.9. The summed E-state index contributed by atoms with van der Waals surface area (Å²) < 4.78 is 0. The highest BCUT2D eigenvalue weighted by atomic mass is 16.6. The van der Waals surface area contributed by atoms with Gasteiger partial charge in [-0.15, -0.1) is 0 Å². The summed E-state index contributed by atoms with van der Waals surface area (Å²) in [5.41, 5.74) is 1.34. The Morgan fingerprint density at radius 1 is 0.900 bits per heavy atom. The Hall–Kier alpha value is -4.19. The van der Waals surface area contributed by atoms with Crippen LogP contribution in [0.3, 0.4) is 0 Å². The van der Waals surface area contributed by atoms with Crippen molar-refractivity contribution in [2.24, 2.45) is 0 Å². The number of nitro groups is 1. The number of rotatable bonds is 5. The molecule has 0 aromatic heterocycles. The fraction of sp³-hybridized carbons (Fsp3) is 0.0417. The fourth-order valence-electron chi connectivity index (χ4n) is 3.53. The van der Waals surface area contributed by atoms with Gasteiger partial charge in [-0.2, -0.15) is 0 Å². The topological polar surface area (TPSA) is 92.5 Å². The SMILES string of the molecule is O=C(N[C@H](c1cccc([N+](=O)[O-])c1)c1c(O)ccc2ccccc12)c1ccccc1. The molecule has 0 radical (unpaired) electrons. The van der Waals surface area contributed by atoms with Crippen molar-refractivity contribution in [3.8, 4) is 5.75 Å². The molecule has 2 N–H and O–H groups in total. The minimum Gasteiger partial charge on any atom is -0.508 e. The van der Waals surface area contributed by atoms with E-state index >= 15 is 0 Å². The van der Waals surface area contributed by atoms with Crippen molar-refractivity contribution in [1.29, 1.82) is 0 Å². The first-order valence-corrected chi connectivity index (χ1v) is 9.35. The number of carbonyl (C=O) groups is 1. The number of fused-ring (bicyclic) bond motifs is 1. The van der Waals surface area contributed by atoms with Crippen LogP contribution in [-0.2, 0) is 0 Å². The van der Waals surface area contributed by atoms with E-state index in [-0.39, 0.29) is 17.3 Å². The molecule has 0 saturated heterocycles. The Bertz CT molecular complexity index is 1240. The van der Waals surface area contributed by atoms with Crippen LogP contribution >= 0.6 is 0 Å². The monoisotopic (exact) mass is 398 g/mol. The van der Waals surface area contributed by atoms with Crippen molar-refractivity contribution >= 4 is 22.4 Å². The van der Waals surface area contributed by atoms with E-state index in [0.29, 0.717) is 16.7 Å². The number of nitro benzene ring substituents is 1. The maximum Gasteiger partial charge on any atom is 0.269 e. The Kier molecular flexibility index (Phi) is 5.13. The third-order valence-electron chi connectivity index (χ3n) is 4.96. The second-order valence-corrected chi connectivity index (χ2v) is 6.84. The van der Waals surface area contributed by atoms with Crippen LogP contribution in [0.25, 0.3) is 10.8 Å². The quantitative estimate of drug-likeness (QED) is 0.367. The highest BCUT2D eigenvalue weighted by Crippen LogP contribution is 2.36. The molecule has 0 aliphatic heterocycles. The second kappa shape index (κ2) is 8.05. The van der Waals surface area contributed by atoms with Gasteiger partial charge in [0, 0.05) is 23.3 Å². The van der Waals surface area contributed by atoms with Crippen molar-refractivity contribution in [2.75, 3.05) is 0 Å². The van der Waals surface area contributed by atoms with Gasteiger partial charge >= 0.3 is 0 Å². The first-order valence-electron chi connectivity index (χ1n) is 9.35. The Morgan fingerprint density at radius 2 is 1.63 bits per heavy atom. The van der Waals surface area contributed by atoms with Gasteiger partial charge in [0.2, 0.25) is 0 Å². The molecule has 4 rings (SSSR count). The zero-order chi connectivity index (χ0) is 21.1. The number of hydrogen-bond donors (Lipinski definition) is 2. The number of non-ortho nitro benzene ring substituents is 1. The van der Waals surface area contributed by atoms with Gasteiger partial charge in [0.25, 0.3) is 11.6 Å². The van der Waals surface area contributed by atoms with Crippen LogP contribution in [0.5, 0.6) is 5.75 Å². The molecular formula is C24H18N2O4. The minimum absolute atomic E-state index is 0.00133. The molecule has 0 saturated carbocycles. The Balaban J connectivity index is 1.89. The number of benzene rings is 4. The molecule has 0 bridgehead atoms. The van der Waals surface area contributed by atoms with Crippen LogP contribution in [0.2, 0.25) is 0 Å². The fourth-order valence-corrected chi connectivity index (χ4v) is 3.53. The van der Waals surface area contributed by atoms with E-state index in [1.54, 1.807) is 48.5 Å². The van der Waals surface area contributed by atoms with Crippen LogP contribution in [0.15, 0.2) is 91.0 Å². The molecule has 0 fully saturated rings. The number of amides is 1. The largest absolute Gasteiger partial charge is 0.508 e. The van der Waals surface area contributed by atoms with Crippen LogP contribution in [0.1, 0.15) is 27.5 Å². The number of nitrogens with zero attached hydrogens (tertiary/aromatic N) is 1. The van der Waals surface area contributed by atoms with E-state index in [4.69, 9.17) is 0 Å². The first kappa shape index (κ1) is 19.1. The van der Waals surface area contributed by atoms with E-state index in [0.717, 1.165) is 10.8 Å². The summed E-state index contributed by atoms with van der Waals surface area (Å²) in [6.45, 7) is 0. The smallest absolute Gasteiger partial charge is 0.269 e. The molecule has 1 amide bonds. The summed E-state index contributed by atoms with van der Waals surface area (Å²) in [7, 11) is 0. The average Bonchev–Trinajstić information content (AvgIpc) is 2.78. The van der Waals surface area contributed by atoms with Gasteiger partial charge in [0.05, 0.1) is 11.0 Å². The van der Waals surface area contributed by atoms with Crippen LogP contribution in [0.4, 0.5) is 5.69 Å². The van der Waals surface area contributed by atoms with Crippen LogP contribution in [0, 0.1) is 10.1 Å². The van der Waals surface area contributed by atoms with Crippen molar-refractivity contribution in [3.05, 3.63) is 118 Å². The number of aromatic hydroxyl groups is 1. The van der Waals surface area contributed by atoms with Gasteiger partial charge in [-0.25, -0.2) is 0 Å². The molecule has 0 aliphatic carbocycles. The minimum atomic E-state index is -0.788. The zero-order valence-electron chi connectivity index (χ0n) is 15.9. The van der Waals surface area contributed by atoms with E-state index in [1.165, 1.54) is 12.1 Å².